The lowest BCUT2D eigenvalue weighted by atomic mass is 10.0. The third-order valence-corrected chi connectivity index (χ3v) is 2.90. The topological polar surface area (TPSA) is 49.8 Å². The maximum absolute atomic E-state index is 13.9. The maximum atomic E-state index is 13.9. The molecule has 0 radical (unpaired) electrons. The SMILES string of the molecule is C=CCN(CC(=O)O)C(C)c1c(F)cccc1OC. The van der Waals surface area contributed by atoms with Crippen LogP contribution in [0.3, 0.4) is 0 Å². The van der Waals surface area contributed by atoms with E-state index in [4.69, 9.17) is 9.84 Å². The Morgan fingerprint density at radius 3 is 2.84 bits per heavy atom. The monoisotopic (exact) mass is 267 g/mol. The Bertz CT molecular complexity index is 462. The molecule has 0 amide bonds. The summed E-state index contributed by atoms with van der Waals surface area (Å²) < 4.78 is 19.1. The normalized spacial score (nSPS) is 12.2. The summed E-state index contributed by atoms with van der Waals surface area (Å²) >= 11 is 0. The number of hydrogen-bond acceptors (Lipinski definition) is 3. The Morgan fingerprint density at radius 1 is 1.63 bits per heavy atom. The van der Waals surface area contributed by atoms with Gasteiger partial charge in [0.05, 0.1) is 13.7 Å². The highest BCUT2D eigenvalue weighted by Gasteiger charge is 2.23. The first kappa shape index (κ1) is 15.2. The van der Waals surface area contributed by atoms with E-state index in [1.165, 1.54) is 13.2 Å². The van der Waals surface area contributed by atoms with E-state index in [2.05, 4.69) is 6.58 Å². The minimum atomic E-state index is -0.969. The number of hydrogen-bond donors (Lipinski definition) is 1. The third kappa shape index (κ3) is 3.79. The predicted octanol–water partition coefficient (Wildman–Crippen LogP) is 2.47. The summed E-state index contributed by atoms with van der Waals surface area (Å²) in [5, 5.41) is 8.90. The molecule has 1 N–H and O–H groups in total. The standard InChI is InChI=1S/C14H18FNO3/c1-4-8-16(9-13(17)18)10(2)14-11(15)6-5-7-12(14)19-3/h4-7,10H,1,8-9H2,2-3H3,(H,17,18). The number of ether oxygens (including phenoxy) is 1. The van der Waals surface area contributed by atoms with E-state index in [0.717, 1.165) is 0 Å². The smallest absolute Gasteiger partial charge is 0.317 e. The zero-order chi connectivity index (χ0) is 14.4. The molecule has 1 aromatic rings. The first-order valence-electron chi connectivity index (χ1n) is 5.90. The van der Waals surface area contributed by atoms with E-state index in [-0.39, 0.29) is 6.54 Å². The lowest BCUT2D eigenvalue weighted by molar-refractivity contribution is -0.138. The van der Waals surface area contributed by atoms with E-state index >= 15 is 0 Å². The van der Waals surface area contributed by atoms with Gasteiger partial charge in [0.2, 0.25) is 0 Å². The Labute approximate surface area is 112 Å². The highest BCUT2D eigenvalue weighted by molar-refractivity contribution is 5.69. The van der Waals surface area contributed by atoms with Crippen molar-refractivity contribution in [2.75, 3.05) is 20.2 Å². The van der Waals surface area contributed by atoms with Gasteiger partial charge in [-0.05, 0) is 19.1 Å². The van der Waals surface area contributed by atoms with Crippen molar-refractivity contribution in [2.45, 2.75) is 13.0 Å². The second kappa shape index (κ2) is 6.89. The summed E-state index contributed by atoms with van der Waals surface area (Å²) in [5.41, 5.74) is 0.355. The minimum absolute atomic E-state index is 0.190. The van der Waals surface area contributed by atoms with E-state index in [9.17, 15) is 9.18 Å². The lowest BCUT2D eigenvalue weighted by Crippen LogP contribution is -2.33. The van der Waals surface area contributed by atoms with Crippen LogP contribution in [0, 0.1) is 5.82 Å². The summed E-state index contributed by atoms with van der Waals surface area (Å²) in [7, 11) is 1.46. The summed E-state index contributed by atoms with van der Waals surface area (Å²) in [6.07, 6.45) is 1.59. The molecular formula is C14H18FNO3. The summed E-state index contributed by atoms with van der Waals surface area (Å²) in [6.45, 7) is 5.50. The van der Waals surface area contributed by atoms with Crippen LogP contribution in [0.4, 0.5) is 4.39 Å². The molecule has 4 nitrogen and oxygen atoms in total. The van der Waals surface area contributed by atoms with Crippen molar-refractivity contribution in [1.82, 2.24) is 4.90 Å². The van der Waals surface area contributed by atoms with Crippen LogP contribution in [-0.2, 0) is 4.79 Å². The van der Waals surface area contributed by atoms with Crippen LogP contribution in [0.2, 0.25) is 0 Å². The Morgan fingerprint density at radius 2 is 2.32 bits per heavy atom. The molecule has 5 heteroatoms. The number of carboxylic acid groups (broad SMARTS) is 1. The van der Waals surface area contributed by atoms with Crippen molar-refractivity contribution in [3.63, 3.8) is 0 Å². The van der Waals surface area contributed by atoms with Crippen LogP contribution in [0.1, 0.15) is 18.5 Å². The fraction of sp³-hybridized carbons (Fsp3) is 0.357. The van der Waals surface area contributed by atoms with Gasteiger partial charge in [-0.2, -0.15) is 0 Å². The van der Waals surface area contributed by atoms with Gasteiger partial charge < -0.3 is 9.84 Å². The van der Waals surface area contributed by atoms with Gasteiger partial charge in [0, 0.05) is 18.2 Å². The molecule has 1 rings (SSSR count). The van der Waals surface area contributed by atoms with Gasteiger partial charge in [0.1, 0.15) is 11.6 Å². The molecular weight excluding hydrogens is 249 g/mol. The first-order chi connectivity index (χ1) is 9.01. The third-order valence-electron chi connectivity index (χ3n) is 2.90. The molecule has 19 heavy (non-hydrogen) atoms. The molecule has 0 aromatic heterocycles. The Hall–Kier alpha value is -1.88. The van der Waals surface area contributed by atoms with Gasteiger partial charge >= 0.3 is 5.97 Å². The molecule has 0 heterocycles. The van der Waals surface area contributed by atoms with Crippen molar-refractivity contribution in [1.29, 1.82) is 0 Å². The second-order valence-corrected chi connectivity index (χ2v) is 4.14. The number of carbonyl (C=O) groups is 1. The van der Waals surface area contributed by atoms with Gasteiger partial charge in [0.15, 0.2) is 0 Å². The van der Waals surface area contributed by atoms with Crippen LogP contribution in [-0.4, -0.2) is 36.2 Å². The molecule has 0 spiro atoms. The highest BCUT2D eigenvalue weighted by atomic mass is 19.1. The average Bonchev–Trinajstić information content (AvgIpc) is 2.36. The fourth-order valence-electron chi connectivity index (χ4n) is 1.98. The molecule has 0 fully saturated rings. The molecule has 0 aliphatic carbocycles. The zero-order valence-electron chi connectivity index (χ0n) is 11.1. The molecule has 0 aliphatic heterocycles. The van der Waals surface area contributed by atoms with Gasteiger partial charge in [0.25, 0.3) is 0 Å². The summed E-state index contributed by atoms with van der Waals surface area (Å²) in [4.78, 5) is 12.5. The van der Waals surface area contributed by atoms with Crippen LogP contribution in [0.25, 0.3) is 0 Å². The molecule has 0 saturated carbocycles. The highest BCUT2D eigenvalue weighted by Crippen LogP contribution is 2.31. The van der Waals surface area contributed by atoms with E-state index in [1.54, 1.807) is 30.0 Å². The lowest BCUT2D eigenvalue weighted by Gasteiger charge is -2.28. The number of nitrogens with zero attached hydrogens (tertiary/aromatic N) is 1. The van der Waals surface area contributed by atoms with Crippen molar-refractivity contribution in [2.24, 2.45) is 0 Å². The number of rotatable bonds is 7. The van der Waals surface area contributed by atoms with E-state index < -0.39 is 17.8 Å². The molecule has 0 bridgehead atoms. The molecule has 0 aliphatic rings. The molecule has 1 unspecified atom stereocenters. The van der Waals surface area contributed by atoms with Crippen molar-refractivity contribution < 1.29 is 19.0 Å². The Balaban J connectivity index is 3.11. The van der Waals surface area contributed by atoms with Crippen molar-refractivity contribution >= 4 is 5.97 Å². The maximum Gasteiger partial charge on any atom is 0.317 e. The Kier molecular flexibility index (Phi) is 5.51. The van der Waals surface area contributed by atoms with Gasteiger partial charge in [-0.3, -0.25) is 9.69 Å². The minimum Gasteiger partial charge on any atom is -0.496 e. The van der Waals surface area contributed by atoms with Gasteiger partial charge in [-0.1, -0.05) is 12.1 Å². The fourth-order valence-corrected chi connectivity index (χ4v) is 1.98. The quantitative estimate of drug-likeness (QED) is 0.771. The van der Waals surface area contributed by atoms with E-state index in [1.807, 2.05) is 0 Å². The number of methoxy groups -OCH3 is 1. The van der Waals surface area contributed by atoms with E-state index in [0.29, 0.717) is 17.9 Å². The van der Waals surface area contributed by atoms with Crippen LogP contribution >= 0.6 is 0 Å². The summed E-state index contributed by atoms with van der Waals surface area (Å²) in [5.74, 6) is -0.970. The second-order valence-electron chi connectivity index (χ2n) is 4.14. The van der Waals surface area contributed by atoms with Crippen LogP contribution in [0.15, 0.2) is 30.9 Å². The number of aliphatic carboxylic acids is 1. The molecule has 0 saturated heterocycles. The van der Waals surface area contributed by atoms with Gasteiger partial charge in [-0.15, -0.1) is 6.58 Å². The largest absolute Gasteiger partial charge is 0.496 e. The van der Waals surface area contributed by atoms with Gasteiger partial charge in [-0.25, -0.2) is 4.39 Å². The molecule has 104 valence electrons. The average molecular weight is 267 g/mol. The van der Waals surface area contributed by atoms with Crippen LogP contribution < -0.4 is 4.74 Å². The number of carboxylic acids is 1. The number of benzene rings is 1. The summed E-state index contributed by atoms with van der Waals surface area (Å²) in [6, 6.07) is 4.12. The predicted molar refractivity (Wildman–Crippen MR) is 70.8 cm³/mol. The van der Waals surface area contributed by atoms with Crippen molar-refractivity contribution in [3.8, 4) is 5.75 Å². The molecule has 1 atom stereocenters. The molecule has 1 aromatic carbocycles. The van der Waals surface area contributed by atoms with Crippen molar-refractivity contribution in [3.05, 3.63) is 42.2 Å². The van der Waals surface area contributed by atoms with Crippen LogP contribution in [0.5, 0.6) is 5.75 Å². The number of halogens is 1. The zero-order valence-corrected chi connectivity index (χ0v) is 11.1. The first-order valence-corrected chi connectivity index (χ1v) is 5.90.